The van der Waals surface area contributed by atoms with Crippen molar-refractivity contribution in [2.24, 2.45) is 17.3 Å². The molecule has 51 heavy (non-hydrogen) atoms. The highest BCUT2D eigenvalue weighted by Gasteiger charge is 2.69. The Hall–Kier alpha value is -2.70. The first-order valence-corrected chi connectivity index (χ1v) is 21.2. The van der Waals surface area contributed by atoms with E-state index >= 15 is 0 Å². The van der Waals surface area contributed by atoms with E-state index in [4.69, 9.17) is 0 Å². The third kappa shape index (κ3) is 8.59. The van der Waals surface area contributed by atoms with Crippen molar-refractivity contribution in [1.82, 2.24) is 26.2 Å². The standard InChI is InChI=1S/C38H63N5O7S/c1-24(51(49,50)36(2,3)4)38(21-15-12-16-22-38)42-35(48)41-28-18-14-11-9-7-8-10-13-17-27(31(44)33(46)39-25-19-20-25)40-32(45)30-29-26(37(29,5)6)23-43(30)34(28)47/h24-30H,7-23H2,1-6H3,(H,39,46)(H,40,45)(H2,41,42,48)/t24-,26+,27-,28-,29+,30+/m1/s1. The fraction of sp³-hybridized carbons (Fsp3) is 0.868. The lowest BCUT2D eigenvalue weighted by molar-refractivity contribution is -0.144. The van der Waals surface area contributed by atoms with Crippen molar-refractivity contribution in [2.75, 3.05) is 6.54 Å². The van der Waals surface area contributed by atoms with Gasteiger partial charge in [-0.25, -0.2) is 13.2 Å². The topological polar surface area (TPSA) is 171 Å². The molecule has 0 unspecified atom stereocenters. The second-order valence-electron chi connectivity index (χ2n) is 17.8. The number of nitrogens with one attached hydrogen (secondary N) is 4. The van der Waals surface area contributed by atoms with Crippen molar-refractivity contribution >= 4 is 39.4 Å². The summed E-state index contributed by atoms with van der Waals surface area (Å²) in [4.78, 5) is 70.3. The number of carbonyl (C=O) groups excluding carboxylic acids is 5. The zero-order valence-corrected chi connectivity index (χ0v) is 32.6. The van der Waals surface area contributed by atoms with Crippen molar-refractivity contribution in [3.8, 4) is 0 Å². The number of Topliss-reactive ketones (excluding diaryl/α,β-unsaturated/α-hetero) is 1. The van der Waals surface area contributed by atoms with Crippen molar-refractivity contribution in [3.05, 3.63) is 0 Å². The molecule has 12 nitrogen and oxygen atoms in total. The zero-order chi connectivity index (χ0) is 37.4. The van der Waals surface area contributed by atoms with Crippen LogP contribution in [-0.2, 0) is 29.0 Å². The molecule has 4 N–H and O–H groups in total. The Balaban J connectivity index is 1.38. The Bertz CT molecular complexity index is 1450. The van der Waals surface area contributed by atoms with Crippen LogP contribution in [0.15, 0.2) is 0 Å². The molecule has 0 aromatic heterocycles. The van der Waals surface area contributed by atoms with Crippen LogP contribution in [0.4, 0.5) is 4.79 Å². The SMILES string of the molecule is C[C@H](C1(NC(=O)N[C@@H]2CCCCCCCCC[C@H](C(=O)C(=O)NC3CC3)NC(=O)[C@@H]3[C@@H]4[C@H](CN3C2=O)C4(C)C)CCCCC1)S(=O)(=O)C(C)(C)C. The van der Waals surface area contributed by atoms with Crippen molar-refractivity contribution in [3.63, 3.8) is 0 Å². The van der Waals surface area contributed by atoms with Crippen LogP contribution in [0.2, 0.25) is 0 Å². The van der Waals surface area contributed by atoms with Gasteiger partial charge in [-0.1, -0.05) is 78.1 Å². The normalized spacial score (nSPS) is 30.9. The van der Waals surface area contributed by atoms with Crippen LogP contribution in [0, 0.1) is 17.3 Å². The third-order valence-corrected chi connectivity index (χ3v) is 15.9. The van der Waals surface area contributed by atoms with Crippen LogP contribution in [-0.4, -0.2) is 89.1 Å². The number of urea groups is 1. The first-order valence-electron chi connectivity index (χ1n) is 19.7. The van der Waals surface area contributed by atoms with E-state index in [2.05, 4.69) is 35.1 Å². The Labute approximate surface area is 305 Å². The number of sulfone groups is 1. The zero-order valence-electron chi connectivity index (χ0n) is 31.8. The van der Waals surface area contributed by atoms with Crippen LogP contribution in [0.5, 0.6) is 0 Å². The first-order chi connectivity index (χ1) is 23.9. The molecular formula is C38H63N5O7S. The maximum absolute atomic E-state index is 14.5. The van der Waals surface area contributed by atoms with E-state index in [-0.39, 0.29) is 29.2 Å². The van der Waals surface area contributed by atoms with Crippen LogP contribution in [0.25, 0.3) is 0 Å². The van der Waals surface area contributed by atoms with E-state index in [0.717, 1.165) is 64.2 Å². The molecule has 0 aromatic rings. The lowest BCUT2D eigenvalue weighted by Crippen LogP contribution is -2.64. The van der Waals surface area contributed by atoms with E-state index in [1.807, 2.05) is 0 Å². The summed E-state index contributed by atoms with van der Waals surface area (Å²) in [6.07, 6.45) is 12.1. The number of hydrogen-bond acceptors (Lipinski definition) is 7. The van der Waals surface area contributed by atoms with Crippen molar-refractivity contribution in [1.29, 1.82) is 0 Å². The van der Waals surface area contributed by atoms with Gasteiger partial charge in [-0.2, -0.15) is 0 Å². The number of nitrogens with zero attached hydrogens (tertiary/aromatic N) is 1. The number of rotatable bonds is 7. The van der Waals surface area contributed by atoms with Gasteiger partial charge >= 0.3 is 6.03 Å². The molecule has 2 aliphatic heterocycles. The van der Waals surface area contributed by atoms with Gasteiger partial charge in [0, 0.05) is 12.6 Å². The quantitative estimate of drug-likeness (QED) is 0.283. The molecule has 0 bridgehead atoms. The van der Waals surface area contributed by atoms with Crippen LogP contribution in [0.3, 0.4) is 0 Å². The van der Waals surface area contributed by atoms with Gasteiger partial charge in [-0.05, 0) is 83.5 Å². The Morgan fingerprint density at radius 1 is 0.843 bits per heavy atom. The summed E-state index contributed by atoms with van der Waals surface area (Å²) in [5, 5.41) is 10.9. The van der Waals surface area contributed by atoms with Gasteiger partial charge < -0.3 is 26.2 Å². The Morgan fingerprint density at radius 2 is 1.41 bits per heavy atom. The summed E-state index contributed by atoms with van der Waals surface area (Å²) < 4.78 is 26.3. The average molecular weight is 734 g/mol. The van der Waals surface area contributed by atoms with Crippen LogP contribution in [0.1, 0.15) is 144 Å². The Morgan fingerprint density at radius 3 is 2.00 bits per heavy atom. The number of carbonyl (C=O) groups is 5. The Kier molecular flexibility index (Phi) is 11.9. The van der Waals surface area contributed by atoms with Gasteiger partial charge in [0.1, 0.15) is 12.1 Å². The highest BCUT2D eigenvalue weighted by atomic mass is 32.2. The first kappa shape index (κ1) is 39.5. The number of ketones is 1. The van der Waals surface area contributed by atoms with E-state index < -0.39 is 67.1 Å². The highest BCUT2D eigenvalue weighted by Crippen LogP contribution is 2.65. The molecule has 2 saturated heterocycles. The number of piperidine rings is 1. The van der Waals surface area contributed by atoms with E-state index in [1.165, 1.54) is 0 Å². The lowest BCUT2D eigenvalue weighted by atomic mass is 9.79. The summed E-state index contributed by atoms with van der Waals surface area (Å²) in [6, 6.07) is -3.27. The fourth-order valence-corrected chi connectivity index (χ4v) is 11.0. The smallest absolute Gasteiger partial charge is 0.315 e. The summed E-state index contributed by atoms with van der Waals surface area (Å²) in [6.45, 7) is 11.3. The second-order valence-corrected chi connectivity index (χ2v) is 20.8. The predicted octanol–water partition coefficient (Wildman–Crippen LogP) is 4.30. The minimum Gasteiger partial charge on any atom is -0.347 e. The molecule has 288 valence electrons. The highest BCUT2D eigenvalue weighted by molar-refractivity contribution is 7.93. The van der Waals surface area contributed by atoms with E-state index in [1.54, 1.807) is 32.6 Å². The molecule has 6 atom stereocenters. The van der Waals surface area contributed by atoms with Gasteiger partial charge in [0.2, 0.25) is 17.6 Å². The molecule has 3 saturated carbocycles. The number of amides is 5. The molecular weight excluding hydrogens is 671 g/mol. The predicted molar refractivity (Wildman–Crippen MR) is 195 cm³/mol. The summed E-state index contributed by atoms with van der Waals surface area (Å²) in [7, 11) is -3.62. The molecule has 0 aromatic carbocycles. The van der Waals surface area contributed by atoms with Crippen molar-refractivity contribution < 1.29 is 32.4 Å². The monoisotopic (exact) mass is 733 g/mol. The molecule has 3 aliphatic carbocycles. The summed E-state index contributed by atoms with van der Waals surface area (Å²) in [5.74, 6) is -2.11. The number of hydrogen-bond donors (Lipinski definition) is 4. The van der Waals surface area contributed by atoms with E-state index in [9.17, 15) is 32.4 Å². The maximum Gasteiger partial charge on any atom is 0.315 e. The average Bonchev–Trinajstić information content (AvgIpc) is 3.92. The molecule has 0 radical (unpaired) electrons. The molecule has 2 heterocycles. The largest absolute Gasteiger partial charge is 0.347 e. The summed E-state index contributed by atoms with van der Waals surface area (Å²) >= 11 is 0. The minimum atomic E-state index is -3.62. The molecule has 5 amide bonds. The molecule has 13 heteroatoms. The molecule has 5 aliphatic rings. The molecule has 5 rings (SSSR count). The van der Waals surface area contributed by atoms with Crippen LogP contribution >= 0.6 is 0 Å². The van der Waals surface area contributed by atoms with Gasteiger partial charge in [-0.3, -0.25) is 19.2 Å². The fourth-order valence-electron chi connectivity index (χ4n) is 9.08. The van der Waals surface area contributed by atoms with Gasteiger partial charge in [0.05, 0.1) is 21.6 Å². The van der Waals surface area contributed by atoms with Gasteiger partial charge in [0.25, 0.3) is 5.91 Å². The van der Waals surface area contributed by atoms with Gasteiger partial charge in [-0.15, -0.1) is 0 Å². The van der Waals surface area contributed by atoms with Crippen LogP contribution < -0.4 is 21.3 Å². The molecule has 5 fully saturated rings. The van der Waals surface area contributed by atoms with Crippen molar-refractivity contribution in [2.45, 2.75) is 184 Å². The van der Waals surface area contributed by atoms with Gasteiger partial charge in [0.15, 0.2) is 9.84 Å². The lowest BCUT2D eigenvalue weighted by Gasteiger charge is -2.44. The third-order valence-electron chi connectivity index (χ3n) is 12.8. The second kappa shape index (κ2) is 15.3. The van der Waals surface area contributed by atoms with E-state index in [0.29, 0.717) is 45.1 Å². The minimum absolute atomic E-state index is 0.0139. The maximum atomic E-state index is 14.5. The number of fused-ring (bicyclic) bond motifs is 3. The molecule has 0 spiro atoms. The summed E-state index contributed by atoms with van der Waals surface area (Å²) in [5.41, 5.74) is -1.14.